The van der Waals surface area contributed by atoms with E-state index >= 15 is 0 Å². The van der Waals surface area contributed by atoms with Crippen LogP contribution in [0.1, 0.15) is 72.1 Å². The van der Waals surface area contributed by atoms with E-state index in [-0.39, 0.29) is 0 Å². The first kappa shape index (κ1) is 13.9. The first-order chi connectivity index (χ1) is 9.16. The molecule has 2 unspecified atom stereocenters. The van der Waals surface area contributed by atoms with E-state index in [9.17, 15) is 0 Å². The standard InChI is InChI=1S/C18H33N/c1-4-6-19-17(13(3)5-2)18-10-14-7-15(11-18)9-16(8-14)12-18/h13-17,19H,4-12H2,1-3H3. The molecule has 0 aromatic heterocycles. The van der Waals surface area contributed by atoms with Crippen LogP contribution in [0.3, 0.4) is 0 Å². The minimum absolute atomic E-state index is 0.680. The summed E-state index contributed by atoms with van der Waals surface area (Å²) in [6.07, 6.45) is 12.0. The Bertz CT molecular complexity index is 274. The molecule has 4 fully saturated rings. The fraction of sp³-hybridized carbons (Fsp3) is 1.00. The van der Waals surface area contributed by atoms with E-state index < -0.39 is 0 Å². The summed E-state index contributed by atoms with van der Waals surface area (Å²) in [5, 5.41) is 3.98. The van der Waals surface area contributed by atoms with Gasteiger partial charge < -0.3 is 5.32 Å². The molecule has 0 spiro atoms. The molecule has 4 saturated carbocycles. The Labute approximate surface area is 119 Å². The number of hydrogen-bond acceptors (Lipinski definition) is 1. The van der Waals surface area contributed by atoms with E-state index in [2.05, 4.69) is 26.1 Å². The molecule has 0 aliphatic heterocycles. The number of rotatable bonds is 6. The van der Waals surface area contributed by atoms with Gasteiger partial charge in [0.1, 0.15) is 0 Å². The minimum Gasteiger partial charge on any atom is -0.313 e. The van der Waals surface area contributed by atoms with Gasteiger partial charge >= 0.3 is 0 Å². The monoisotopic (exact) mass is 263 g/mol. The van der Waals surface area contributed by atoms with Gasteiger partial charge in [0.25, 0.3) is 0 Å². The molecule has 1 heteroatoms. The van der Waals surface area contributed by atoms with Gasteiger partial charge in [-0.25, -0.2) is 0 Å². The first-order valence-corrected chi connectivity index (χ1v) is 8.90. The molecule has 1 N–H and O–H groups in total. The summed E-state index contributed by atoms with van der Waals surface area (Å²) in [6, 6.07) is 0.797. The van der Waals surface area contributed by atoms with E-state index in [1.165, 1.54) is 19.4 Å². The Kier molecular flexibility index (Phi) is 3.95. The summed E-state index contributed by atoms with van der Waals surface area (Å²) < 4.78 is 0. The van der Waals surface area contributed by atoms with Crippen molar-refractivity contribution < 1.29 is 0 Å². The molecule has 4 bridgehead atoms. The maximum Gasteiger partial charge on any atom is 0.0149 e. The molecule has 2 atom stereocenters. The summed E-state index contributed by atoms with van der Waals surface area (Å²) in [7, 11) is 0. The molecule has 0 aromatic carbocycles. The van der Waals surface area contributed by atoms with Crippen LogP contribution in [0.25, 0.3) is 0 Å². The lowest BCUT2D eigenvalue weighted by atomic mass is 9.46. The van der Waals surface area contributed by atoms with Crippen LogP contribution in [0.15, 0.2) is 0 Å². The minimum atomic E-state index is 0.680. The van der Waals surface area contributed by atoms with Crippen molar-refractivity contribution in [2.45, 2.75) is 78.2 Å². The molecule has 4 aliphatic carbocycles. The van der Waals surface area contributed by atoms with Gasteiger partial charge in [-0.15, -0.1) is 0 Å². The van der Waals surface area contributed by atoms with Gasteiger partial charge in [0, 0.05) is 6.04 Å². The highest BCUT2D eigenvalue weighted by molar-refractivity contribution is 5.07. The summed E-state index contributed by atoms with van der Waals surface area (Å²) >= 11 is 0. The normalized spacial score (nSPS) is 43.4. The van der Waals surface area contributed by atoms with E-state index in [4.69, 9.17) is 0 Å². The molecule has 1 nitrogen and oxygen atoms in total. The maximum absolute atomic E-state index is 3.98. The highest BCUT2D eigenvalue weighted by Crippen LogP contribution is 2.62. The highest BCUT2D eigenvalue weighted by Gasteiger charge is 2.54. The lowest BCUT2D eigenvalue weighted by molar-refractivity contribution is -0.0838. The molecule has 110 valence electrons. The van der Waals surface area contributed by atoms with Crippen molar-refractivity contribution in [3.05, 3.63) is 0 Å². The number of nitrogens with one attached hydrogen (secondary N) is 1. The Morgan fingerprint density at radius 1 is 1.00 bits per heavy atom. The molecule has 0 heterocycles. The summed E-state index contributed by atoms with van der Waals surface area (Å²) in [6.45, 7) is 8.40. The third-order valence-electron chi connectivity index (χ3n) is 6.57. The Hall–Kier alpha value is -0.0400. The second-order valence-corrected chi connectivity index (χ2v) is 8.10. The van der Waals surface area contributed by atoms with E-state index in [1.807, 2.05) is 0 Å². The second-order valence-electron chi connectivity index (χ2n) is 8.10. The van der Waals surface area contributed by atoms with Gasteiger partial charge in [-0.1, -0.05) is 27.2 Å². The third-order valence-corrected chi connectivity index (χ3v) is 6.57. The zero-order chi connectivity index (χ0) is 13.5. The average molecular weight is 263 g/mol. The molecule has 0 amide bonds. The second kappa shape index (κ2) is 5.39. The van der Waals surface area contributed by atoms with Gasteiger partial charge in [-0.3, -0.25) is 0 Å². The Morgan fingerprint density at radius 3 is 1.95 bits per heavy atom. The molecule has 0 saturated heterocycles. The maximum atomic E-state index is 3.98. The van der Waals surface area contributed by atoms with Gasteiger partial charge in [-0.2, -0.15) is 0 Å². The SMILES string of the molecule is CCCNC(C(C)CC)C12CC3CC(CC(C3)C1)C2. The van der Waals surface area contributed by atoms with Crippen LogP contribution in [0.4, 0.5) is 0 Å². The van der Waals surface area contributed by atoms with Gasteiger partial charge in [0.15, 0.2) is 0 Å². The molecular weight excluding hydrogens is 230 g/mol. The van der Waals surface area contributed by atoms with E-state index in [0.29, 0.717) is 5.41 Å². The van der Waals surface area contributed by atoms with Crippen LogP contribution in [0.5, 0.6) is 0 Å². The molecular formula is C18H33N. The number of hydrogen-bond donors (Lipinski definition) is 1. The van der Waals surface area contributed by atoms with Crippen molar-refractivity contribution in [3.8, 4) is 0 Å². The summed E-state index contributed by atoms with van der Waals surface area (Å²) in [5.74, 6) is 4.10. The van der Waals surface area contributed by atoms with Crippen LogP contribution in [0, 0.1) is 29.1 Å². The lowest BCUT2D eigenvalue weighted by Crippen LogP contribution is -2.58. The van der Waals surface area contributed by atoms with Crippen LogP contribution in [-0.4, -0.2) is 12.6 Å². The average Bonchev–Trinajstić information content (AvgIpc) is 2.37. The third kappa shape index (κ3) is 2.48. The first-order valence-electron chi connectivity index (χ1n) is 8.90. The molecule has 4 aliphatic rings. The Morgan fingerprint density at radius 2 is 1.53 bits per heavy atom. The van der Waals surface area contributed by atoms with Crippen molar-refractivity contribution in [3.63, 3.8) is 0 Å². The van der Waals surface area contributed by atoms with Crippen molar-refractivity contribution >= 4 is 0 Å². The zero-order valence-electron chi connectivity index (χ0n) is 13.3. The van der Waals surface area contributed by atoms with Gasteiger partial charge in [0.05, 0.1) is 0 Å². The lowest BCUT2D eigenvalue weighted by Gasteiger charge is -2.60. The molecule has 0 aromatic rings. The van der Waals surface area contributed by atoms with Crippen molar-refractivity contribution in [2.75, 3.05) is 6.54 Å². The largest absolute Gasteiger partial charge is 0.313 e. The van der Waals surface area contributed by atoms with Crippen LogP contribution < -0.4 is 5.32 Å². The highest BCUT2D eigenvalue weighted by atomic mass is 14.9. The predicted octanol–water partition coefficient (Wildman–Crippen LogP) is 4.62. The molecule has 0 radical (unpaired) electrons. The smallest absolute Gasteiger partial charge is 0.0149 e. The van der Waals surface area contributed by atoms with Crippen molar-refractivity contribution in [2.24, 2.45) is 29.1 Å². The Balaban J connectivity index is 1.80. The van der Waals surface area contributed by atoms with Crippen LogP contribution >= 0.6 is 0 Å². The molecule has 4 rings (SSSR count). The van der Waals surface area contributed by atoms with Crippen molar-refractivity contribution in [1.82, 2.24) is 5.32 Å². The fourth-order valence-corrected chi connectivity index (χ4v) is 6.12. The van der Waals surface area contributed by atoms with Crippen LogP contribution in [0.2, 0.25) is 0 Å². The van der Waals surface area contributed by atoms with E-state index in [0.717, 1.165) is 29.7 Å². The topological polar surface area (TPSA) is 12.0 Å². The predicted molar refractivity (Wildman–Crippen MR) is 82.1 cm³/mol. The fourth-order valence-electron chi connectivity index (χ4n) is 6.12. The quantitative estimate of drug-likeness (QED) is 0.737. The van der Waals surface area contributed by atoms with Gasteiger partial charge in [-0.05, 0) is 80.6 Å². The van der Waals surface area contributed by atoms with E-state index in [1.54, 1.807) is 38.5 Å². The molecule has 19 heavy (non-hydrogen) atoms. The van der Waals surface area contributed by atoms with Crippen LogP contribution in [-0.2, 0) is 0 Å². The van der Waals surface area contributed by atoms with Gasteiger partial charge in [0.2, 0.25) is 0 Å². The van der Waals surface area contributed by atoms with Crippen molar-refractivity contribution in [1.29, 1.82) is 0 Å². The zero-order valence-corrected chi connectivity index (χ0v) is 13.3. The summed E-state index contributed by atoms with van der Waals surface area (Å²) in [5.41, 5.74) is 0.680. The summed E-state index contributed by atoms with van der Waals surface area (Å²) in [4.78, 5) is 0.